The molecule has 0 aliphatic heterocycles. The number of hydrogen-bond acceptors (Lipinski definition) is 6. The van der Waals surface area contributed by atoms with Crippen LogP contribution >= 0.6 is 0 Å². The summed E-state index contributed by atoms with van der Waals surface area (Å²) in [6.07, 6.45) is 4.20. The molecule has 0 spiro atoms. The summed E-state index contributed by atoms with van der Waals surface area (Å²) in [5, 5.41) is 13.0. The zero-order chi connectivity index (χ0) is 20.1. The van der Waals surface area contributed by atoms with Gasteiger partial charge >= 0.3 is 12.0 Å². The third-order valence-corrected chi connectivity index (χ3v) is 5.06. The fourth-order valence-corrected chi connectivity index (χ4v) is 3.45. The van der Waals surface area contributed by atoms with Crippen LogP contribution in [0.25, 0.3) is 11.0 Å². The Hall–Kier alpha value is -2.97. The van der Waals surface area contributed by atoms with E-state index in [1.54, 1.807) is 22.9 Å². The first-order valence-corrected chi connectivity index (χ1v) is 9.58. The normalized spacial score (nSPS) is 19.2. The van der Waals surface area contributed by atoms with Gasteiger partial charge in [0.25, 0.3) is 5.91 Å². The Bertz CT molecular complexity index is 878. The lowest BCUT2D eigenvalue weighted by atomic mass is 9.86. The van der Waals surface area contributed by atoms with Crippen LogP contribution in [0.15, 0.2) is 18.2 Å². The lowest BCUT2D eigenvalue weighted by molar-refractivity contribution is -0.123. The van der Waals surface area contributed by atoms with Crippen LogP contribution < -0.4 is 10.6 Å². The van der Waals surface area contributed by atoms with Gasteiger partial charge in [0.2, 0.25) is 0 Å². The second kappa shape index (κ2) is 8.81. The number of imide groups is 1. The minimum atomic E-state index is -0.674. The highest BCUT2D eigenvalue weighted by molar-refractivity contribution is 5.98. The number of nitrogens with one attached hydrogen (secondary N) is 2. The molecule has 28 heavy (non-hydrogen) atoms. The monoisotopic (exact) mass is 387 g/mol. The van der Waals surface area contributed by atoms with E-state index in [9.17, 15) is 14.4 Å². The molecule has 9 heteroatoms. The van der Waals surface area contributed by atoms with Gasteiger partial charge in [0.05, 0.1) is 11.1 Å². The van der Waals surface area contributed by atoms with E-state index in [0.29, 0.717) is 18.0 Å². The Balaban J connectivity index is 1.48. The fraction of sp³-hybridized carbons (Fsp3) is 0.526. The van der Waals surface area contributed by atoms with Crippen LogP contribution in [0.4, 0.5) is 4.79 Å². The van der Waals surface area contributed by atoms with E-state index < -0.39 is 24.5 Å². The maximum Gasteiger partial charge on any atom is 0.338 e. The molecule has 0 unspecified atom stereocenters. The largest absolute Gasteiger partial charge is 0.452 e. The smallest absolute Gasteiger partial charge is 0.338 e. The van der Waals surface area contributed by atoms with E-state index in [-0.39, 0.29) is 11.6 Å². The van der Waals surface area contributed by atoms with Crippen LogP contribution in [-0.4, -0.2) is 45.6 Å². The van der Waals surface area contributed by atoms with Crippen molar-refractivity contribution < 1.29 is 19.1 Å². The van der Waals surface area contributed by atoms with Crippen LogP contribution in [0.3, 0.4) is 0 Å². The van der Waals surface area contributed by atoms with E-state index in [2.05, 4.69) is 27.9 Å². The molecule has 1 fully saturated rings. The van der Waals surface area contributed by atoms with Gasteiger partial charge < -0.3 is 10.1 Å². The number of esters is 1. The van der Waals surface area contributed by atoms with E-state index in [0.717, 1.165) is 31.2 Å². The molecular weight excluding hydrogens is 362 g/mol. The number of hydrogen-bond donors (Lipinski definition) is 2. The van der Waals surface area contributed by atoms with Crippen molar-refractivity contribution >= 4 is 28.9 Å². The zero-order valence-electron chi connectivity index (χ0n) is 16.1. The molecule has 0 saturated heterocycles. The molecule has 1 heterocycles. The Kier molecular flexibility index (Phi) is 6.23. The van der Waals surface area contributed by atoms with Gasteiger partial charge in [-0.3, -0.25) is 10.1 Å². The third-order valence-electron chi connectivity index (χ3n) is 5.06. The molecule has 0 bridgehead atoms. The predicted octanol–water partition coefficient (Wildman–Crippen LogP) is 2.01. The van der Waals surface area contributed by atoms with Crippen molar-refractivity contribution in [2.75, 3.05) is 6.61 Å². The van der Waals surface area contributed by atoms with Gasteiger partial charge in [-0.25, -0.2) is 14.3 Å². The maximum atomic E-state index is 12.2. The lowest BCUT2D eigenvalue weighted by Gasteiger charge is -2.29. The average molecular weight is 387 g/mol. The molecule has 9 nitrogen and oxygen atoms in total. The Morgan fingerprint density at radius 2 is 2.04 bits per heavy atom. The SMILES string of the molecule is CCn1nnc2cc(C(=O)OCC(=O)NC(=O)N[C@H]3CCCC[C@H]3C)ccc21. The predicted molar refractivity (Wildman–Crippen MR) is 102 cm³/mol. The first-order chi connectivity index (χ1) is 13.5. The van der Waals surface area contributed by atoms with Crippen molar-refractivity contribution in [3.8, 4) is 0 Å². The topological polar surface area (TPSA) is 115 Å². The highest BCUT2D eigenvalue weighted by Gasteiger charge is 2.23. The van der Waals surface area contributed by atoms with E-state index in [1.165, 1.54) is 0 Å². The van der Waals surface area contributed by atoms with Crippen LogP contribution in [0.5, 0.6) is 0 Å². The Labute approximate surface area is 162 Å². The number of carbonyl (C=O) groups is 3. The van der Waals surface area contributed by atoms with Gasteiger partial charge in [-0.2, -0.15) is 0 Å². The summed E-state index contributed by atoms with van der Waals surface area (Å²) in [6.45, 7) is 4.16. The van der Waals surface area contributed by atoms with E-state index in [4.69, 9.17) is 4.74 Å². The van der Waals surface area contributed by atoms with Gasteiger partial charge in [0, 0.05) is 12.6 Å². The number of aromatic nitrogens is 3. The number of amides is 3. The summed E-state index contributed by atoms with van der Waals surface area (Å²) in [5.41, 5.74) is 1.65. The Morgan fingerprint density at radius 3 is 2.79 bits per heavy atom. The number of ether oxygens (including phenoxy) is 1. The molecule has 1 aromatic heterocycles. The summed E-state index contributed by atoms with van der Waals surface area (Å²) in [5.74, 6) is -0.954. The second-order valence-corrected chi connectivity index (χ2v) is 7.07. The fourth-order valence-electron chi connectivity index (χ4n) is 3.45. The molecule has 3 amide bonds. The van der Waals surface area contributed by atoms with Gasteiger partial charge in [0.1, 0.15) is 5.52 Å². The van der Waals surface area contributed by atoms with Crippen molar-refractivity contribution in [1.82, 2.24) is 25.6 Å². The van der Waals surface area contributed by atoms with Crippen molar-refractivity contribution in [2.24, 2.45) is 5.92 Å². The highest BCUT2D eigenvalue weighted by Crippen LogP contribution is 2.23. The van der Waals surface area contributed by atoms with Crippen molar-refractivity contribution in [3.05, 3.63) is 23.8 Å². The number of urea groups is 1. The summed E-state index contributed by atoms with van der Waals surface area (Å²) in [4.78, 5) is 36.0. The van der Waals surface area contributed by atoms with Gasteiger partial charge in [0.15, 0.2) is 6.61 Å². The molecule has 2 atom stereocenters. The van der Waals surface area contributed by atoms with Crippen LogP contribution in [0.1, 0.15) is 49.9 Å². The molecule has 3 rings (SSSR count). The van der Waals surface area contributed by atoms with Crippen molar-refractivity contribution in [2.45, 2.75) is 52.1 Å². The summed E-state index contributed by atoms with van der Waals surface area (Å²) >= 11 is 0. The number of fused-ring (bicyclic) bond motifs is 1. The number of aryl methyl sites for hydroxylation is 1. The molecule has 2 N–H and O–H groups in total. The molecule has 0 radical (unpaired) electrons. The molecule has 1 aliphatic carbocycles. The molecule has 1 saturated carbocycles. The minimum absolute atomic E-state index is 0.0624. The molecule has 1 aromatic carbocycles. The quantitative estimate of drug-likeness (QED) is 0.759. The van der Waals surface area contributed by atoms with Crippen molar-refractivity contribution in [1.29, 1.82) is 0 Å². The van der Waals surface area contributed by atoms with Gasteiger partial charge in [-0.05, 0) is 43.9 Å². The van der Waals surface area contributed by atoms with Gasteiger partial charge in [-0.1, -0.05) is 25.0 Å². The summed E-state index contributed by atoms with van der Waals surface area (Å²) in [7, 11) is 0. The molecule has 150 valence electrons. The number of rotatable bonds is 5. The average Bonchev–Trinajstić information content (AvgIpc) is 3.10. The zero-order valence-corrected chi connectivity index (χ0v) is 16.1. The number of carbonyl (C=O) groups excluding carboxylic acids is 3. The standard InChI is InChI=1S/C19H25N5O4/c1-3-24-16-9-8-13(10-15(16)22-23-24)18(26)28-11-17(25)21-19(27)20-14-7-5-4-6-12(14)2/h8-10,12,14H,3-7,11H2,1-2H3,(H2,20,21,25,27)/t12-,14+/m1/s1. The second-order valence-electron chi connectivity index (χ2n) is 7.07. The van der Waals surface area contributed by atoms with Crippen LogP contribution in [-0.2, 0) is 16.1 Å². The minimum Gasteiger partial charge on any atom is -0.452 e. The van der Waals surface area contributed by atoms with Gasteiger partial charge in [-0.15, -0.1) is 5.10 Å². The van der Waals surface area contributed by atoms with Crippen LogP contribution in [0, 0.1) is 5.92 Å². The third kappa shape index (κ3) is 4.65. The Morgan fingerprint density at radius 1 is 1.25 bits per heavy atom. The van der Waals surface area contributed by atoms with Crippen molar-refractivity contribution in [3.63, 3.8) is 0 Å². The summed E-state index contributed by atoms with van der Waals surface area (Å²) < 4.78 is 6.71. The van der Waals surface area contributed by atoms with E-state index in [1.807, 2.05) is 6.92 Å². The van der Waals surface area contributed by atoms with E-state index >= 15 is 0 Å². The molecule has 1 aliphatic rings. The van der Waals surface area contributed by atoms with Crippen LogP contribution in [0.2, 0.25) is 0 Å². The first kappa shape index (κ1) is 19.8. The lowest BCUT2D eigenvalue weighted by Crippen LogP contribution is -2.48. The first-order valence-electron chi connectivity index (χ1n) is 9.58. The number of benzene rings is 1. The molecule has 2 aromatic rings. The molecular formula is C19H25N5O4. The number of nitrogens with zero attached hydrogens (tertiary/aromatic N) is 3. The summed E-state index contributed by atoms with van der Waals surface area (Å²) in [6, 6.07) is 4.39. The maximum absolute atomic E-state index is 12.2. The highest BCUT2D eigenvalue weighted by atomic mass is 16.5.